The number of hydrogen-bond acceptors (Lipinski definition) is 3. The fourth-order valence-corrected chi connectivity index (χ4v) is 2.07. The van der Waals surface area contributed by atoms with E-state index in [-0.39, 0.29) is 0 Å². The second kappa shape index (κ2) is 3.67. The van der Waals surface area contributed by atoms with Crippen LogP contribution in [0.25, 0.3) is 0 Å². The van der Waals surface area contributed by atoms with Crippen LogP contribution in [0.5, 0.6) is 0 Å². The lowest BCUT2D eigenvalue weighted by Gasteiger charge is -2.15. The molecule has 0 aliphatic heterocycles. The molecule has 1 aliphatic carbocycles. The largest absolute Gasteiger partial charge is 0.390 e. The van der Waals surface area contributed by atoms with Gasteiger partial charge in [-0.2, -0.15) is 0 Å². The van der Waals surface area contributed by atoms with Crippen molar-refractivity contribution in [3.63, 3.8) is 0 Å². The molecule has 0 saturated carbocycles. The van der Waals surface area contributed by atoms with Crippen LogP contribution in [0, 0.1) is 5.92 Å². The van der Waals surface area contributed by atoms with Crippen LogP contribution >= 0.6 is 0 Å². The minimum atomic E-state index is -0.823. The van der Waals surface area contributed by atoms with Gasteiger partial charge in [0.05, 0.1) is 11.8 Å². The van der Waals surface area contributed by atoms with Crippen molar-refractivity contribution >= 4 is 0 Å². The molecule has 1 aromatic heterocycles. The van der Waals surface area contributed by atoms with Gasteiger partial charge in [-0.25, -0.2) is 0 Å². The van der Waals surface area contributed by atoms with Crippen LogP contribution in [0.15, 0.2) is 18.3 Å². The van der Waals surface area contributed by atoms with Crippen LogP contribution in [0.4, 0.5) is 0 Å². The van der Waals surface area contributed by atoms with Gasteiger partial charge in [0.25, 0.3) is 0 Å². The molecule has 1 aromatic rings. The molecule has 0 spiro atoms. The maximum absolute atomic E-state index is 9.82. The average Bonchev–Trinajstić information content (AvgIpc) is 2.26. The molecule has 2 rings (SSSR count). The zero-order valence-electron chi connectivity index (χ0n) is 8.22. The summed E-state index contributed by atoms with van der Waals surface area (Å²) in [5, 5.41) is 19.5. The summed E-state index contributed by atoms with van der Waals surface area (Å²) >= 11 is 0. The molecule has 0 fully saturated rings. The van der Waals surface area contributed by atoms with Gasteiger partial charge in [-0.15, -0.1) is 0 Å². The summed E-state index contributed by atoms with van der Waals surface area (Å²) in [7, 11) is 0. The molecule has 3 heteroatoms. The van der Waals surface area contributed by atoms with E-state index >= 15 is 0 Å². The summed E-state index contributed by atoms with van der Waals surface area (Å²) in [6.07, 6.45) is 1.68. The normalized spacial score (nSPS) is 32.1. The molecule has 0 radical (unpaired) electrons. The Morgan fingerprint density at radius 2 is 2.21 bits per heavy atom. The minimum Gasteiger partial charge on any atom is -0.390 e. The van der Waals surface area contributed by atoms with Gasteiger partial charge in [-0.3, -0.25) is 4.98 Å². The second-order valence-electron chi connectivity index (χ2n) is 4.10. The monoisotopic (exact) mass is 193 g/mol. The van der Waals surface area contributed by atoms with Crippen LogP contribution in [0.1, 0.15) is 30.7 Å². The number of aromatic nitrogens is 1. The summed E-state index contributed by atoms with van der Waals surface area (Å²) in [5.41, 5.74) is 1.70. The van der Waals surface area contributed by atoms with Gasteiger partial charge in [-0.05, 0) is 30.4 Å². The molecule has 3 atom stereocenters. The molecule has 76 valence electrons. The third-order valence-electron chi connectivity index (χ3n) is 2.78. The molecule has 0 saturated heterocycles. The molecule has 14 heavy (non-hydrogen) atoms. The van der Waals surface area contributed by atoms with Gasteiger partial charge >= 0.3 is 0 Å². The summed E-state index contributed by atoms with van der Waals surface area (Å²) in [5.74, 6) is 0.394. The summed E-state index contributed by atoms with van der Waals surface area (Å²) < 4.78 is 0. The fraction of sp³-hybridized carbons (Fsp3) is 0.545. The van der Waals surface area contributed by atoms with Crippen molar-refractivity contribution in [1.82, 2.24) is 4.98 Å². The van der Waals surface area contributed by atoms with Crippen LogP contribution in [0.3, 0.4) is 0 Å². The Bertz CT molecular complexity index is 327. The lowest BCUT2D eigenvalue weighted by Crippen LogP contribution is -2.19. The first-order chi connectivity index (χ1) is 6.68. The molecule has 3 unspecified atom stereocenters. The molecular formula is C11H15NO2. The highest BCUT2D eigenvalue weighted by molar-refractivity contribution is 5.24. The van der Waals surface area contributed by atoms with Gasteiger partial charge in [0.15, 0.2) is 0 Å². The van der Waals surface area contributed by atoms with Crippen molar-refractivity contribution in [3.8, 4) is 0 Å². The minimum absolute atomic E-state index is 0.394. The van der Waals surface area contributed by atoms with E-state index in [9.17, 15) is 10.2 Å². The van der Waals surface area contributed by atoms with E-state index in [0.717, 1.165) is 12.0 Å². The van der Waals surface area contributed by atoms with Crippen molar-refractivity contribution in [1.29, 1.82) is 0 Å². The van der Waals surface area contributed by atoms with Crippen LogP contribution < -0.4 is 0 Å². The SMILES string of the molecule is CC1Cc2cccnc2C(O)C(O)C1. The molecule has 0 aromatic carbocycles. The van der Waals surface area contributed by atoms with Gasteiger partial charge in [0, 0.05) is 6.20 Å². The zero-order valence-corrected chi connectivity index (χ0v) is 8.22. The Labute approximate surface area is 83.4 Å². The Kier molecular flexibility index (Phi) is 2.52. The van der Waals surface area contributed by atoms with E-state index in [1.54, 1.807) is 6.20 Å². The van der Waals surface area contributed by atoms with Crippen molar-refractivity contribution in [2.75, 3.05) is 0 Å². The number of nitrogens with zero attached hydrogens (tertiary/aromatic N) is 1. The standard InChI is InChI=1S/C11H15NO2/c1-7-5-8-3-2-4-12-10(8)11(14)9(13)6-7/h2-4,7,9,11,13-14H,5-6H2,1H3. The summed E-state index contributed by atoms with van der Waals surface area (Å²) in [6.45, 7) is 2.08. The highest BCUT2D eigenvalue weighted by Crippen LogP contribution is 2.29. The molecule has 2 N–H and O–H groups in total. The molecular weight excluding hydrogens is 178 g/mol. The number of aliphatic hydroxyl groups is 2. The first kappa shape index (κ1) is 9.62. The zero-order chi connectivity index (χ0) is 10.1. The van der Waals surface area contributed by atoms with Crippen LogP contribution in [-0.2, 0) is 6.42 Å². The lowest BCUT2D eigenvalue weighted by molar-refractivity contribution is 0.00687. The Morgan fingerprint density at radius 3 is 3.00 bits per heavy atom. The van der Waals surface area contributed by atoms with Crippen molar-refractivity contribution in [2.24, 2.45) is 5.92 Å². The highest BCUT2D eigenvalue weighted by Gasteiger charge is 2.28. The summed E-state index contributed by atoms with van der Waals surface area (Å²) in [6, 6.07) is 3.84. The first-order valence-electron chi connectivity index (χ1n) is 4.98. The molecule has 1 aliphatic rings. The Balaban J connectivity index is 2.41. The number of pyridine rings is 1. The van der Waals surface area contributed by atoms with Crippen molar-refractivity contribution < 1.29 is 10.2 Å². The van der Waals surface area contributed by atoms with E-state index in [1.807, 2.05) is 12.1 Å². The van der Waals surface area contributed by atoms with E-state index in [2.05, 4.69) is 11.9 Å². The Hall–Kier alpha value is -0.930. The Morgan fingerprint density at radius 1 is 1.43 bits per heavy atom. The van der Waals surface area contributed by atoms with E-state index in [1.165, 1.54) is 0 Å². The summed E-state index contributed by atoms with van der Waals surface area (Å²) in [4.78, 5) is 4.14. The predicted molar refractivity (Wildman–Crippen MR) is 52.7 cm³/mol. The molecule has 0 amide bonds. The van der Waals surface area contributed by atoms with Crippen molar-refractivity contribution in [2.45, 2.75) is 32.0 Å². The quantitative estimate of drug-likeness (QED) is 0.606. The highest BCUT2D eigenvalue weighted by atomic mass is 16.3. The van der Waals surface area contributed by atoms with Crippen molar-refractivity contribution in [3.05, 3.63) is 29.6 Å². The third-order valence-corrected chi connectivity index (χ3v) is 2.78. The number of fused-ring (bicyclic) bond motifs is 1. The topological polar surface area (TPSA) is 53.4 Å². The smallest absolute Gasteiger partial charge is 0.122 e. The molecule has 1 heterocycles. The number of aliphatic hydroxyl groups excluding tert-OH is 2. The molecule has 3 nitrogen and oxygen atoms in total. The van der Waals surface area contributed by atoms with E-state index in [0.29, 0.717) is 18.0 Å². The van der Waals surface area contributed by atoms with Gasteiger partial charge < -0.3 is 10.2 Å². The predicted octanol–water partition coefficient (Wildman–Crippen LogP) is 1.06. The van der Waals surface area contributed by atoms with Crippen LogP contribution in [-0.4, -0.2) is 21.3 Å². The molecule has 0 bridgehead atoms. The average molecular weight is 193 g/mol. The number of rotatable bonds is 0. The number of hydrogen-bond donors (Lipinski definition) is 2. The maximum Gasteiger partial charge on any atom is 0.122 e. The second-order valence-corrected chi connectivity index (χ2v) is 4.10. The first-order valence-corrected chi connectivity index (χ1v) is 4.98. The van der Waals surface area contributed by atoms with Gasteiger partial charge in [-0.1, -0.05) is 13.0 Å². The van der Waals surface area contributed by atoms with Gasteiger partial charge in [0.1, 0.15) is 6.10 Å². The third kappa shape index (κ3) is 1.65. The van der Waals surface area contributed by atoms with Crippen LogP contribution in [0.2, 0.25) is 0 Å². The fourth-order valence-electron chi connectivity index (χ4n) is 2.07. The lowest BCUT2D eigenvalue weighted by atomic mass is 9.99. The van der Waals surface area contributed by atoms with E-state index < -0.39 is 12.2 Å². The van der Waals surface area contributed by atoms with Gasteiger partial charge in [0.2, 0.25) is 0 Å². The van der Waals surface area contributed by atoms with E-state index in [4.69, 9.17) is 0 Å². The maximum atomic E-state index is 9.82.